The molecule has 174 valence electrons. The first-order valence-electron chi connectivity index (χ1n) is 11.5. The summed E-state index contributed by atoms with van der Waals surface area (Å²) in [6.07, 6.45) is 2.81. The maximum absolute atomic E-state index is 13.2. The molecule has 6 heteroatoms. The zero-order valence-electron chi connectivity index (χ0n) is 20.2. The number of imide groups is 1. The molecule has 0 spiro atoms. The molecular formula is C27H32FN3O2. The van der Waals surface area contributed by atoms with Gasteiger partial charge in [0, 0.05) is 17.3 Å². The molecule has 1 N–H and O–H groups in total. The van der Waals surface area contributed by atoms with Gasteiger partial charge < -0.3 is 10.2 Å². The van der Waals surface area contributed by atoms with Crippen LogP contribution in [0.15, 0.2) is 42.1 Å². The van der Waals surface area contributed by atoms with Crippen LogP contribution in [0.25, 0.3) is 6.08 Å². The highest BCUT2D eigenvalue weighted by molar-refractivity contribution is 6.14. The average molecular weight is 450 g/mol. The molecule has 2 aromatic rings. The molecule has 0 radical (unpaired) electrons. The SMILES string of the molecule is Cc1cc2c(cc1/C=C1\NC(=O)N(Cc3ccc(F)cc3)C1=O)C(C)CC(C)(C)N2C(C)C. The molecule has 1 saturated heterocycles. The molecule has 1 atom stereocenters. The number of carbonyl (C=O) groups excluding carboxylic acids is 2. The number of hydrogen-bond donors (Lipinski definition) is 1. The number of anilines is 1. The summed E-state index contributed by atoms with van der Waals surface area (Å²) in [7, 11) is 0. The van der Waals surface area contributed by atoms with Crippen molar-refractivity contribution in [3.05, 3.63) is 70.2 Å². The summed E-state index contributed by atoms with van der Waals surface area (Å²) in [4.78, 5) is 29.1. The van der Waals surface area contributed by atoms with E-state index in [2.05, 4.69) is 57.0 Å². The fraction of sp³-hybridized carbons (Fsp3) is 0.407. The predicted molar refractivity (Wildman–Crippen MR) is 129 cm³/mol. The number of aryl methyl sites for hydroxylation is 1. The molecule has 5 nitrogen and oxygen atoms in total. The van der Waals surface area contributed by atoms with Crippen LogP contribution in [0.5, 0.6) is 0 Å². The summed E-state index contributed by atoms with van der Waals surface area (Å²) in [6.45, 7) is 13.4. The fourth-order valence-corrected chi connectivity index (χ4v) is 5.39. The minimum atomic E-state index is -0.465. The van der Waals surface area contributed by atoms with Crippen molar-refractivity contribution in [1.29, 1.82) is 0 Å². The molecule has 1 unspecified atom stereocenters. The van der Waals surface area contributed by atoms with E-state index in [-0.39, 0.29) is 29.5 Å². The van der Waals surface area contributed by atoms with Crippen molar-refractivity contribution in [2.75, 3.05) is 4.90 Å². The van der Waals surface area contributed by atoms with E-state index in [1.54, 1.807) is 18.2 Å². The molecule has 2 heterocycles. The third-order valence-electron chi connectivity index (χ3n) is 6.70. The van der Waals surface area contributed by atoms with E-state index >= 15 is 0 Å². The summed E-state index contributed by atoms with van der Waals surface area (Å²) >= 11 is 0. The second-order valence-corrected chi connectivity index (χ2v) is 10.2. The zero-order valence-corrected chi connectivity index (χ0v) is 20.2. The number of benzene rings is 2. The van der Waals surface area contributed by atoms with Crippen molar-refractivity contribution in [2.24, 2.45) is 0 Å². The topological polar surface area (TPSA) is 52.7 Å². The Morgan fingerprint density at radius 2 is 1.85 bits per heavy atom. The van der Waals surface area contributed by atoms with Gasteiger partial charge in [-0.3, -0.25) is 9.69 Å². The van der Waals surface area contributed by atoms with Crippen LogP contribution >= 0.6 is 0 Å². The number of carbonyl (C=O) groups is 2. The van der Waals surface area contributed by atoms with Gasteiger partial charge in [-0.15, -0.1) is 0 Å². The first-order valence-corrected chi connectivity index (χ1v) is 11.5. The Morgan fingerprint density at radius 1 is 1.18 bits per heavy atom. The smallest absolute Gasteiger partial charge is 0.329 e. The third kappa shape index (κ3) is 4.26. The molecule has 0 saturated carbocycles. The van der Waals surface area contributed by atoms with Gasteiger partial charge in [-0.1, -0.05) is 19.1 Å². The molecule has 2 aliphatic rings. The van der Waals surface area contributed by atoms with Crippen LogP contribution < -0.4 is 10.2 Å². The van der Waals surface area contributed by atoms with Gasteiger partial charge in [0.15, 0.2) is 0 Å². The first-order chi connectivity index (χ1) is 15.5. The van der Waals surface area contributed by atoms with Gasteiger partial charge in [-0.2, -0.15) is 0 Å². The van der Waals surface area contributed by atoms with Gasteiger partial charge >= 0.3 is 6.03 Å². The molecule has 1 fully saturated rings. The normalized spacial score (nSPS) is 21.1. The molecule has 0 aliphatic carbocycles. The van der Waals surface area contributed by atoms with Gasteiger partial charge in [-0.25, -0.2) is 9.18 Å². The minimum Gasteiger partial charge on any atom is -0.364 e. The van der Waals surface area contributed by atoms with Crippen molar-refractivity contribution < 1.29 is 14.0 Å². The number of amides is 3. The molecule has 0 bridgehead atoms. The van der Waals surface area contributed by atoms with E-state index in [0.29, 0.717) is 17.5 Å². The number of nitrogens with zero attached hydrogens (tertiary/aromatic N) is 2. The standard InChI is InChI=1S/C27H32FN3O2/c1-16(2)31-24-11-17(3)20(12-22(24)18(4)14-27(31,5)6)13-23-25(32)30(26(33)29-23)15-19-7-9-21(28)10-8-19/h7-13,16,18H,14-15H2,1-6H3,(H,29,33)/b23-13-. The van der Waals surface area contributed by atoms with E-state index in [1.165, 1.54) is 23.4 Å². The van der Waals surface area contributed by atoms with E-state index < -0.39 is 6.03 Å². The summed E-state index contributed by atoms with van der Waals surface area (Å²) in [6, 6.07) is 10.1. The first kappa shape index (κ1) is 23.0. The van der Waals surface area contributed by atoms with Crippen molar-refractivity contribution in [1.82, 2.24) is 10.2 Å². The van der Waals surface area contributed by atoms with Crippen molar-refractivity contribution >= 4 is 23.7 Å². The number of rotatable bonds is 4. The van der Waals surface area contributed by atoms with Crippen LogP contribution in [0.3, 0.4) is 0 Å². The lowest BCUT2D eigenvalue weighted by atomic mass is 9.78. The van der Waals surface area contributed by atoms with Crippen molar-refractivity contribution in [2.45, 2.75) is 72.0 Å². The van der Waals surface area contributed by atoms with Crippen LogP contribution in [-0.4, -0.2) is 28.4 Å². The van der Waals surface area contributed by atoms with E-state index in [0.717, 1.165) is 22.4 Å². The largest absolute Gasteiger partial charge is 0.364 e. The Balaban J connectivity index is 1.66. The Morgan fingerprint density at radius 3 is 2.48 bits per heavy atom. The van der Waals surface area contributed by atoms with E-state index in [4.69, 9.17) is 0 Å². The van der Waals surface area contributed by atoms with Crippen LogP contribution in [0.1, 0.15) is 69.2 Å². The van der Waals surface area contributed by atoms with Crippen LogP contribution in [-0.2, 0) is 11.3 Å². The Bertz CT molecular complexity index is 1130. The average Bonchev–Trinajstić information content (AvgIpc) is 2.97. The highest BCUT2D eigenvalue weighted by Crippen LogP contribution is 2.45. The number of hydrogen-bond acceptors (Lipinski definition) is 3. The molecule has 33 heavy (non-hydrogen) atoms. The zero-order chi connectivity index (χ0) is 24.1. The molecule has 4 rings (SSSR count). The summed E-state index contributed by atoms with van der Waals surface area (Å²) in [5.74, 6) is -0.348. The quantitative estimate of drug-likeness (QED) is 0.479. The lowest BCUT2D eigenvalue weighted by Gasteiger charge is -2.50. The lowest BCUT2D eigenvalue weighted by Crippen LogP contribution is -2.51. The molecule has 2 aromatic carbocycles. The molecule has 2 aliphatic heterocycles. The highest BCUT2D eigenvalue weighted by atomic mass is 19.1. The van der Waals surface area contributed by atoms with Crippen LogP contribution in [0.2, 0.25) is 0 Å². The minimum absolute atomic E-state index is 0.0588. The van der Waals surface area contributed by atoms with Crippen LogP contribution in [0.4, 0.5) is 14.9 Å². The summed E-state index contributed by atoms with van der Waals surface area (Å²) < 4.78 is 13.2. The third-order valence-corrected chi connectivity index (χ3v) is 6.70. The van der Waals surface area contributed by atoms with Crippen molar-refractivity contribution in [3.63, 3.8) is 0 Å². The Hall–Kier alpha value is -3.15. The number of nitrogens with one attached hydrogen (secondary N) is 1. The van der Waals surface area contributed by atoms with E-state index in [1.807, 2.05) is 6.92 Å². The second kappa shape index (κ2) is 8.32. The fourth-order valence-electron chi connectivity index (χ4n) is 5.39. The van der Waals surface area contributed by atoms with Gasteiger partial charge in [-0.05, 0) is 99.6 Å². The van der Waals surface area contributed by atoms with Gasteiger partial charge in [0.1, 0.15) is 11.5 Å². The number of halogens is 1. The molecule has 0 aromatic heterocycles. The number of fused-ring (bicyclic) bond motifs is 1. The highest BCUT2D eigenvalue weighted by Gasteiger charge is 2.38. The van der Waals surface area contributed by atoms with Gasteiger partial charge in [0.2, 0.25) is 0 Å². The Labute approximate surface area is 195 Å². The van der Waals surface area contributed by atoms with E-state index in [9.17, 15) is 14.0 Å². The monoisotopic (exact) mass is 449 g/mol. The maximum atomic E-state index is 13.2. The number of urea groups is 1. The summed E-state index contributed by atoms with van der Waals surface area (Å²) in [5.41, 5.74) is 5.50. The van der Waals surface area contributed by atoms with Crippen LogP contribution in [0, 0.1) is 12.7 Å². The maximum Gasteiger partial charge on any atom is 0.329 e. The van der Waals surface area contributed by atoms with Gasteiger partial charge in [0.05, 0.1) is 6.54 Å². The lowest BCUT2D eigenvalue weighted by molar-refractivity contribution is -0.123. The second-order valence-electron chi connectivity index (χ2n) is 10.2. The Kier molecular flexibility index (Phi) is 5.81. The predicted octanol–water partition coefficient (Wildman–Crippen LogP) is 5.73. The molecule has 3 amide bonds. The summed E-state index contributed by atoms with van der Waals surface area (Å²) in [5, 5.41) is 2.71. The molecular weight excluding hydrogens is 417 g/mol. The van der Waals surface area contributed by atoms with Crippen molar-refractivity contribution in [3.8, 4) is 0 Å². The van der Waals surface area contributed by atoms with Gasteiger partial charge in [0.25, 0.3) is 5.91 Å².